The number of thiophene rings is 1. The molecule has 0 spiro atoms. The van der Waals surface area contributed by atoms with Gasteiger partial charge in [0.2, 0.25) is 0 Å². The maximum atomic E-state index is 11.9. The lowest BCUT2D eigenvalue weighted by molar-refractivity contribution is 0.0529. The maximum absolute atomic E-state index is 11.9. The molecular weight excluding hydrogens is 386 g/mol. The van der Waals surface area contributed by atoms with Crippen LogP contribution in [-0.2, 0) is 16.4 Å². The molecule has 0 saturated carbocycles. The topological polar surface area (TPSA) is 83.9 Å². The summed E-state index contributed by atoms with van der Waals surface area (Å²) < 4.78 is 29.3. The molecule has 1 N–H and O–H groups in total. The van der Waals surface area contributed by atoms with Crippen LogP contribution in [0.4, 0.5) is 0 Å². The zero-order valence-electron chi connectivity index (χ0n) is 14.9. The summed E-state index contributed by atoms with van der Waals surface area (Å²) in [6.07, 6.45) is 0.558. The average Bonchev–Trinajstić information content (AvgIpc) is 3.28. The lowest BCUT2D eigenvalue weighted by Gasteiger charge is -2.29. The number of aldehydes is 1. The molecule has 2 aromatic rings. The summed E-state index contributed by atoms with van der Waals surface area (Å²) >= 11 is 1.61. The number of carbonyl (C=O) groups excluding carboxylic acids is 1. The molecule has 1 aromatic heterocycles. The first-order valence-electron chi connectivity index (χ1n) is 8.78. The first kappa shape index (κ1) is 20.0. The second-order valence-corrected chi connectivity index (χ2v) is 9.98. The van der Waals surface area contributed by atoms with Crippen molar-refractivity contribution in [1.29, 1.82) is 0 Å². The van der Waals surface area contributed by atoms with Gasteiger partial charge < -0.3 is 9.84 Å². The summed E-state index contributed by atoms with van der Waals surface area (Å²) in [4.78, 5) is 14.0. The van der Waals surface area contributed by atoms with E-state index < -0.39 is 15.9 Å². The highest BCUT2D eigenvalue weighted by Gasteiger charge is 2.33. The second-order valence-electron chi connectivity index (χ2n) is 6.72. The predicted molar refractivity (Wildman–Crippen MR) is 105 cm³/mol. The number of hydrogen-bond acceptors (Lipinski definition) is 7. The molecular formula is C19H23NO5S2. The molecule has 2 heterocycles. The number of hydrogen-bond donors (Lipinski definition) is 1. The molecule has 1 saturated heterocycles. The van der Waals surface area contributed by atoms with Gasteiger partial charge in [0, 0.05) is 29.6 Å². The Balaban J connectivity index is 1.61. The Kier molecular flexibility index (Phi) is 6.64. The van der Waals surface area contributed by atoms with Gasteiger partial charge in [-0.3, -0.25) is 9.69 Å². The lowest BCUT2D eigenvalue weighted by Crippen LogP contribution is -2.42. The second kappa shape index (κ2) is 8.97. The van der Waals surface area contributed by atoms with Crippen molar-refractivity contribution in [2.24, 2.45) is 0 Å². The molecule has 1 aliphatic heterocycles. The van der Waals surface area contributed by atoms with Gasteiger partial charge in [0.05, 0.1) is 11.5 Å². The minimum Gasteiger partial charge on any atom is -0.491 e. The first-order valence-corrected chi connectivity index (χ1v) is 11.5. The van der Waals surface area contributed by atoms with Crippen molar-refractivity contribution >= 4 is 27.5 Å². The van der Waals surface area contributed by atoms with Gasteiger partial charge in [0.25, 0.3) is 0 Å². The third-order valence-electron chi connectivity index (χ3n) is 4.55. The Morgan fingerprint density at radius 2 is 2.19 bits per heavy atom. The Hall–Kier alpha value is -1.74. The van der Waals surface area contributed by atoms with Gasteiger partial charge in [-0.25, -0.2) is 8.42 Å². The zero-order valence-corrected chi connectivity index (χ0v) is 16.5. The van der Waals surface area contributed by atoms with E-state index in [1.165, 1.54) is 0 Å². The highest BCUT2D eigenvalue weighted by Crippen LogP contribution is 2.22. The number of nitrogens with zero attached hydrogens (tertiary/aromatic N) is 1. The van der Waals surface area contributed by atoms with Crippen LogP contribution in [-0.4, -0.2) is 61.5 Å². The number of aliphatic hydroxyl groups is 1. The van der Waals surface area contributed by atoms with Crippen LogP contribution in [0.15, 0.2) is 41.8 Å². The van der Waals surface area contributed by atoms with E-state index in [1.807, 2.05) is 22.4 Å². The minimum atomic E-state index is -3.00. The molecule has 2 atom stereocenters. The number of rotatable bonds is 9. The zero-order chi connectivity index (χ0) is 19.3. The molecule has 1 aromatic carbocycles. The summed E-state index contributed by atoms with van der Waals surface area (Å²) in [7, 11) is -3.00. The number of sulfone groups is 1. The number of ether oxygens (including phenoxy) is 1. The van der Waals surface area contributed by atoms with Crippen LogP contribution in [0.3, 0.4) is 0 Å². The average molecular weight is 410 g/mol. The molecule has 1 aliphatic rings. The van der Waals surface area contributed by atoms with Crippen LogP contribution >= 0.6 is 11.3 Å². The Morgan fingerprint density at radius 3 is 2.85 bits per heavy atom. The smallest absolute Gasteiger partial charge is 0.151 e. The van der Waals surface area contributed by atoms with Crippen molar-refractivity contribution in [3.63, 3.8) is 0 Å². The van der Waals surface area contributed by atoms with E-state index in [4.69, 9.17) is 4.74 Å². The third kappa shape index (κ3) is 5.87. The molecule has 0 amide bonds. The molecule has 1 fully saturated rings. The number of benzene rings is 1. The Morgan fingerprint density at radius 1 is 1.33 bits per heavy atom. The molecule has 27 heavy (non-hydrogen) atoms. The van der Waals surface area contributed by atoms with Crippen LogP contribution in [0.1, 0.15) is 21.7 Å². The number of aliphatic hydroxyl groups excluding tert-OH is 1. The molecule has 146 valence electrons. The van der Waals surface area contributed by atoms with Gasteiger partial charge in [-0.15, -0.1) is 11.3 Å². The van der Waals surface area contributed by atoms with E-state index in [0.717, 1.165) is 11.2 Å². The summed E-state index contributed by atoms with van der Waals surface area (Å²) in [6.45, 7) is 1.00. The van der Waals surface area contributed by atoms with Crippen molar-refractivity contribution in [2.45, 2.75) is 25.1 Å². The van der Waals surface area contributed by atoms with Crippen LogP contribution in [0.25, 0.3) is 0 Å². The van der Waals surface area contributed by atoms with E-state index in [9.17, 15) is 18.3 Å². The molecule has 0 aliphatic carbocycles. The molecule has 8 heteroatoms. The fourth-order valence-corrected chi connectivity index (χ4v) is 5.69. The fraction of sp³-hybridized carbons (Fsp3) is 0.421. The van der Waals surface area contributed by atoms with Crippen molar-refractivity contribution in [1.82, 2.24) is 4.90 Å². The molecule has 0 radical (unpaired) electrons. The van der Waals surface area contributed by atoms with Crippen LogP contribution in [0.2, 0.25) is 0 Å². The highest BCUT2D eigenvalue weighted by molar-refractivity contribution is 7.91. The van der Waals surface area contributed by atoms with Crippen molar-refractivity contribution in [3.05, 3.63) is 52.2 Å². The fourth-order valence-electron chi connectivity index (χ4n) is 3.20. The van der Waals surface area contributed by atoms with Crippen LogP contribution < -0.4 is 4.74 Å². The highest BCUT2D eigenvalue weighted by atomic mass is 32.2. The van der Waals surface area contributed by atoms with Crippen molar-refractivity contribution in [3.8, 4) is 5.75 Å². The molecule has 6 nitrogen and oxygen atoms in total. The lowest BCUT2D eigenvalue weighted by atomic mass is 10.2. The van der Waals surface area contributed by atoms with Gasteiger partial charge in [0.1, 0.15) is 24.7 Å². The van der Waals surface area contributed by atoms with E-state index in [-0.39, 0.29) is 24.2 Å². The Labute approximate surface area is 163 Å². The monoisotopic (exact) mass is 409 g/mol. The van der Waals surface area contributed by atoms with Gasteiger partial charge in [0.15, 0.2) is 9.84 Å². The van der Waals surface area contributed by atoms with E-state index in [2.05, 4.69) is 0 Å². The molecule has 0 bridgehead atoms. The maximum Gasteiger partial charge on any atom is 0.151 e. The van der Waals surface area contributed by atoms with Crippen LogP contribution in [0, 0.1) is 0 Å². The summed E-state index contributed by atoms with van der Waals surface area (Å²) in [5.74, 6) is 0.851. The predicted octanol–water partition coefficient (Wildman–Crippen LogP) is 1.99. The largest absolute Gasteiger partial charge is 0.491 e. The van der Waals surface area contributed by atoms with E-state index >= 15 is 0 Å². The summed E-state index contributed by atoms with van der Waals surface area (Å²) in [6, 6.07) is 10.6. The number of carbonyl (C=O) groups is 1. The van der Waals surface area contributed by atoms with Crippen LogP contribution in [0.5, 0.6) is 5.75 Å². The van der Waals surface area contributed by atoms with Crippen molar-refractivity contribution in [2.75, 3.05) is 24.7 Å². The quantitative estimate of drug-likeness (QED) is 0.638. The van der Waals surface area contributed by atoms with Gasteiger partial charge in [-0.2, -0.15) is 0 Å². The molecule has 3 rings (SSSR count). The standard InChI is InChI=1S/C19H23NO5S2/c21-12-15-3-1-4-18(9-15)25-13-17(22)10-20(11-19-5-2-7-26-19)16-6-8-27(23,24)14-16/h1-5,7,9,12,16-17,22H,6,8,10-11,13-14H2. The first-order chi connectivity index (χ1) is 12.9. The van der Waals surface area contributed by atoms with E-state index in [0.29, 0.717) is 30.8 Å². The summed E-state index contributed by atoms with van der Waals surface area (Å²) in [5.41, 5.74) is 0.512. The summed E-state index contributed by atoms with van der Waals surface area (Å²) in [5, 5.41) is 12.4. The molecule has 2 unspecified atom stereocenters. The Bertz CT molecular complexity index is 851. The third-order valence-corrected chi connectivity index (χ3v) is 7.16. The van der Waals surface area contributed by atoms with Crippen molar-refractivity contribution < 1.29 is 23.1 Å². The van der Waals surface area contributed by atoms with E-state index in [1.54, 1.807) is 35.6 Å². The van der Waals surface area contributed by atoms with Gasteiger partial charge >= 0.3 is 0 Å². The SMILES string of the molecule is O=Cc1cccc(OCC(O)CN(Cc2cccs2)C2CCS(=O)(=O)C2)c1. The normalized spacial score (nSPS) is 19.9. The minimum absolute atomic E-state index is 0.0721. The van der Waals surface area contributed by atoms with Gasteiger partial charge in [-0.05, 0) is 30.0 Å². The van der Waals surface area contributed by atoms with Gasteiger partial charge in [-0.1, -0.05) is 18.2 Å².